The Bertz CT molecular complexity index is 508. The Morgan fingerprint density at radius 2 is 2.20 bits per heavy atom. The molecule has 1 aromatic carbocycles. The molecule has 1 atom stereocenters. The van der Waals surface area contributed by atoms with Gasteiger partial charge in [0.2, 0.25) is 0 Å². The molecular formula is C14H16Cl2FNO2. The molecule has 2 rings (SSSR count). The highest BCUT2D eigenvalue weighted by molar-refractivity contribution is 6.36. The van der Waals surface area contributed by atoms with Crippen LogP contribution in [0.25, 0.3) is 0 Å². The van der Waals surface area contributed by atoms with Gasteiger partial charge in [-0.2, -0.15) is 0 Å². The van der Waals surface area contributed by atoms with Crippen LogP contribution in [0.1, 0.15) is 30.1 Å². The summed E-state index contributed by atoms with van der Waals surface area (Å²) in [6.45, 7) is 3.67. The molecule has 0 bridgehead atoms. The number of hydrogen-bond acceptors (Lipinski definition) is 2. The van der Waals surface area contributed by atoms with Crippen LogP contribution in [0.15, 0.2) is 12.1 Å². The highest BCUT2D eigenvalue weighted by Crippen LogP contribution is 2.26. The molecule has 1 aromatic rings. The minimum Gasteiger partial charge on any atom is -0.377 e. The average Bonchev–Trinajstić information content (AvgIpc) is 2.43. The maximum Gasteiger partial charge on any atom is 0.255 e. The van der Waals surface area contributed by atoms with Crippen LogP contribution in [0.4, 0.5) is 4.39 Å². The number of nitrogens with zero attached hydrogens (tertiary/aromatic N) is 1. The van der Waals surface area contributed by atoms with Crippen LogP contribution in [0, 0.1) is 5.82 Å². The second kappa shape index (κ2) is 6.74. The Hall–Kier alpha value is -0.840. The van der Waals surface area contributed by atoms with Crippen LogP contribution in [0.2, 0.25) is 10.0 Å². The van der Waals surface area contributed by atoms with E-state index >= 15 is 0 Å². The van der Waals surface area contributed by atoms with Gasteiger partial charge in [-0.3, -0.25) is 4.79 Å². The van der Waals surface area contributed by atoms with E-state index in [2.05, 4.69) is 0 Å². The Kier molecular flexibility index (Phi) is 5.24. The molecule has 0 N–H and O–H groups in total. The van der Waals surface area contributed by atoms with E-state index in [0.29, 0.717) is 19.7 Å². The standard InChI is InChI=1S/C14H16Cl2FNO2/c1-2-20-9-4-3-5-18(8-9)14(19)10-6-13(17)12(16)7-11(10)15/h6-7,9H,2-5,8H2,1H3. The van der Waals surface area contributed by atoms with Gasteiger partial charge < -0.3 is 9.64 Å². The number of ether oxygens (including phenoxy) is 1. The van der Waals surface area contributed by atoms with Crippen LogP contribution >= 0.6 is 23.2 Å². The predicted molar refractivity (Wildman–Crippen MR) is 77.0 cm³/mol. The van der Waals surface area contributed by atoms with Crippen molar-refractivity contribution in [2.75, 3.05) is 19.7 Å². The lowest BCUT2D eigenvalue weighted by Crippen LogP contribution is -2.43. The SMILES string of the molecule is CCOC1CCCN(C(=O)c2cc(F)c(Cl)cc2Cl)C1. The number of amides is 1. The Morgan fingerprint density at radius 3 is 2.90 bits per heavy atom. The summed E-state index contributed by atoms with van der Waals surface area (Å²) in [6, 6.07) is 2.35. The molecule has 1 amide bonds. The quantitative estimate of drug-likeness (QED) is 0.794. The van der Waals surface area contributed by atoms with Gasteiger partial charge in [-0.1, -0.05) is 23.2 Å². The molecule has 1 saturated heterocycles. The topological polar surface area (TPSA) is 29.5 Å². The fourth-order valence-corrected chi connectivity index (χ4v) is 2.82. The fraction of sp³-hybridized carbons (Fsp3) is 0.500. The van der Waals surface area contributed by atoms with Crippen LogP contribution in [0.5, 0.6) is 0 Å². The van der Waals surface area contributed by atoms with Gasteiger partial charge in [0.25, 0.3) is 5.91 Å². The number of benzene rings is 1. The first kappa shape index (κ1) is 15.5. The number of hydrogen-bond donors (Lipinski definition) is 0. The van der Waals surface area contributed by atoms with Gasteiger partial charge in [0.1, 0.15) is 5.82 Å². The Morgan fingerprint density at radius 1 is 1.45 bits per heavy atom. The van der Waals surface area contributed by atoms with Crippen molar-refractivity contribution in [3.05, 3.63) is 33.6 Å². The summed E-state index contributed by atoms with van der Waals surface area (Å²) in [7, 11) is 0. The lowest BCUT2D eigenvalue weighted by molar-refractivity contribution is 0.00723. The van der Waals surface area contributed by atoms with Crippen molar-refractivity contribution in [3.63, 3.8) is 0 Å². The maximum absolute atomic E-state index is 13.5. The van der Waals surface area contributed by atoms with Gasteiger partial charge in [-0.25, -0.2) is 4.39 Å². The predicted octanol–water partition coefficient (Wildman–Crippen LogP) is 3.77. The molecule has 3 nitrogen and oxygen atoms in total. The second-order valence-electron chi connectivity index (χ2n) is 4.72. The molecule has 0 aliphatic carbocycles. The monoisotopic (exact) mass is 319 g/mol. The van der Waals surface area contributed by atoms with Gasteiger partial charge >= 0.3 is 0 Å². The molecule has 6 heteroatoms. The summed E-state index contributed by atoms with van der Waals surface area (Å²) in [6.07, 6.45) is 1.83. The summed E-state index contributed by atoms with van der Waals surface area (Å²) in [5.41, 5.74) is 0.144. The third kappa shape index (κ3) is 3.43. The highest BCUT2D eigenvalue weighted by Gasteiger charge is 2.26. The van der Waals surface area contributed by atoms with Crippen molar-refractivity contribution in [2.24, 2.45) is 0 Å². The minimum absolute atomic E-state index is 0.0358. The van der Waals surface area contributed by atoms with E-state index < -0.39 is 5.82 Å². The zero-order valence-electron chi connectivity index (χ0n) is 11.2. The smallest absolute Gasteiger partial charge is 0.255 e. The van der Waals surface area contributed by atoms with Crippen molar-refractivity contribution in [1.82, 2.24) is 4.90 Å². The maximum atomic E-state index is 13.5. The van der Waals surface area contributed by atoms with E-state index in [1.807, 2.05) is 6.92 Å². The number of carbonyl (C=O) groups is 1. The van der Waals surface area contributed by atoms with Gasteiger partial charge in [0.15, 0.2) is 0 Å². The zero-order valence-corrected chi connectivity index (χ0v) is 12.7. The Balaban J connectivity index is 2.16. The van der Waals surface area contributed by atoms with E-state index in [-0.39, 0.29) is 27.6 Å². The lowest BCUT2D eigenvalue weighted by atomic mass is 10.1. The number of piperidine rings is 1. The summed E-state index contributed by atoms with van der Waals surface area (Å²) in [4.78, 5) is 14.1. The molecule has 0 saturated carbocycles. The summed E-state index contributed by atoms with van der Waals surface area (Å²) in [5.74, 6) is -0.923. The number of carbonyl (C=O) groups excluding carboxylic acids is 1. The van der Waals surface area contributed by atoms with E-state index in [0.717, 1.165) is 18.9 Å². The molecule has 1 aliphatic heterocycles. The molecule has 0 radical (unpaired) electrons. The molecule has 1 unspecified atom stereocenters. The molecule has 0 aromatic heterocycles. The first-order valence-electron chi connectivity index (χ1n) is 6.58. The summed E-state index contributed by atoms with van der Waals surface area (Å²) in [5, 5.41) is 0.0809. The summed E-state index contributed by atoms with van der Waals surface area (Å²) >= 11 is 11.6. The Labute approximate surface area is 127 Å². The molecular weight excluding hydrogens is 304 g/mol. The van der Waals surface area contributed by atoms with Gasteiger partial charge in [0.05, 0.1) is 21.7 Å². The number of likely N-dealkylation sites (tertiary alicyclic amines) is 1. The van der Waals surface area contributed by atoms with Crippen LogP contribution in [0.3, 0.4) is 0 Å². The lowest BCUT2D eigenvalue weighted by Gasteiger charge is -2.32. The van der Waals surface area contributed by atoms with Gasteiger partial charge in [0, 0.05) is 19.7 Å². The second-order valence-corrected chi connectivity index (χ2v) is 5.53. The van der Waals surface area contributed by atoms with E-state index in [1.165, 1.54) is 6.07 Å². The average molecular weight is 320 g/mol. The minimum atomic E-state index is -0.641. The van der Waals surface area contributed by atoms with Crippen LogP contribution < -0.4 is 0 Å². The molecule has 0 spiro atoms. The number of halogens is 3. The molecule has 1 fully saturated rings. The first-order chi connectivity index (χ1) is 9.52. The van der Waals surface area contributed by atoms with Crippen molar-refractivity contribution in [3.8, 4) is 0 Å². The third-order valence-corrected chi connectivity index (χ3v) is 3.91. The van der Waals surface area contributed by atoms with Crippen molar-refractivity contribution in [1.29, 1.82) is 0 Å². The zero-order chi connectivity index (χ0) is 14.7. The molecule has 1 aliphatic rings. The van der Waals surface area contributed by atoms with Gasteiger partial charge in [-0.05, 0) is 31.9 Å². The summed E-state index contributed by atoms with van der Waals surface area (Å²) < 4.78 is 19.0. The first-order valence-corrected chi connectivity index (χ1v) is 7.34. The van der Waals surface area contributed by atoms with E-state index in [4.69, 9.17) is 27.9 Å². The van der Waals surface area contributed by atoms with Gasteiger partial charge in [-0.15, -0.1) is 0 Å². The largest absolute Gasteiger partial charge is 0.377 e. The van der Waals surface area contributed by atoms with Crippen LogP contribution in [-0.4, -0.2) is 36.6 Å². The van der Waals surface area contributed by atoms with E-state index in [1.54, 1.807) is 4.90 Å². The van der Waals surface area contributed by atoms with E-state index in [9.17, 15) is 9.18 Å². The van der Waals surface area contributed by atoms with Crippen molar-refractivity contribution >= 4 is 29.1 Å². The highest BCUT2D eigenvalue weighted by atomic mass is 35.5. The van der Waals surface area contributed by atoms with Crippen molar-refractivity contribution < 1.29 is 13.9 Å². The van der Waals surface area contributed by atoms with Crippen molar-refractivity contribution in [2.45, 2.75) is 25.9 Å². The normalized spacial score (nSPS) is 19.2. The van der Waals surface area contributed by atoms with Crippen LogP contribution in [-0.2, 0) is 4.74 Å². The molecule has 110 valence electrons. The fourth-order valence-electron chi connectivity index (χ4n) is 2.35. The third-order valence-electron chi connectivity index (χ3n) is 3.31. The molecule has 20 heavy (non-hydrogen) atoms. The molecule has 1 heterocycles. The number of rotatable bonds is 3.